The Hall–Kier alpha value is -3.09. The molecule has 0 aromatic carbocycles. The standard InChI is InChI=1S/C18H19N7/c1-13-19-10-6-17(23-13)25-11-2-4-15(25)14-5-9-20-16(12-14)24-18-21-7-3-8-22-18/h3,5-10,12,15H,2,4,11H2,1H3,(H,20,21,22,24). The molecule has 4 rings (SSSR count). The predicted molar refractivity (Wildman–Crippen MR) is 95.6 cm³/mol. The molecule has 3 aromatic rings. The first-order valence-corrected chi connectivity index (χ1v) is 8.36. The maximum Gasteiger partial charge on any atom is 0.228 e. The molecule has 0 bridgehead atoms. The van der Waals surface area contributed by atoms with Crippen molar-refractivity contribution in [1.29, 1.82) is 0 Å². The number of rotatable bonds is 4. The van der Waals surface area contributed by atoms with E-state index in [-0.39, 0.29) is 6.04 Å². The van der Waals surface area contributed by atoms with Gasteiger partial charge in [0, 0.05) is 31.3 Å². The Balaban J connectivity index is 1.59. The number of pyridine rings is 1. The molecule has 126 valence electrons. The lowest BCUT2D eigenvalue weighted by molar-refractivity contribution is 0.708. The van der Waals surface area contributed by atoms with Crippen LogP contribution in [0.2, 0.25) is 0 Å². The maximum atomic E-state index is 4.58. The van der Waals surface area contributed by atoms with Crippen molar-refractivity contribution >= 4 is 17.6 Å². The van der Waals surface area contributed by atoms with E-state index in [4.69, 9.17) is 0 Å². The molecule has 0 amide bonds. The van der Waals surface area contributed by atoms with Crippen LogP contribution < -0.4 is 10.2 Å². The summed E-state index contributed by atoms with van der Waals surface area (Å²) in [5.41, 5.74) is 1.21. The summed E-state index contributed by atoms with van der Waals surface area (Å²) in [5.74, 6) is 3.06. The number of aromatic nitrogens is 5. The summed E-state index contributed by atoms with van der Waals surface area (Å²) < 4.78 is 0. The molecule has 3 aromatic heterocycles. The topological polar surface area (TPSA) is 79.7 Å². The fourth-order valence-electron chi connectivity index (χ4n) is 3.19. The maximum absolute atomic E-state index is 4.58. The van der Waals surface area contributed by atoms with E-state index in [1.54, 1.807) is 18.5 Å². The summed E-state index contributed by atoms with van der Waals surface area (Å²) in [5, 5.41) is 3.15. The van der Waals surface area contributed by atoms with Gasteiger partial charge in [-0.25, -0.2) is 24.9 Å². The monoisotopic (exact) mass is 333 g/mol. The highest BCUT2D eigenvalue weighted by Gasteiger charge is 2.27. The molecule has 0 aliphatic carbocycles. The van der Waals surface area contributed by atoms with E-state index < -0.39 is 0 Å². The van der Waals surface area contributed by atoms with Gasteiger partial charge in [-0.15, -0.1) is 0 Å². The van der Waals surface area contributed by atoms with Gasteiger partial charge in [-0.05, 0) is 49.6 Å². The average Bonchev–Trinajstić information content (AvgIpc) is 3.13. The molecule has 1 N–H and O–H groups in total. The van der Waals surface area contributed by atoms with Gasteiger partial charge in [0.25, 0.3) is 0 Å². The summed E-state index contributed by atoms with van der Waals surface area (Å²) >= 11 is 0. The lowest BCUT2D eigenvalue weighted by Crippen LogP contribution is -2.24. The highest BCUT2D eigenvalue weighted by atomic mass is 15.2. The molecule has 25 heavy (non-hydrogen) atoms. The quantitative estimate of drug-likeness (QED) is 0.786. The lowest BCUT2D eigenvalue weighted by Gasteiger charge is -2.26. The molecule has 0 radical (unpaired) electrons. The second kappa shape index (κ2) is 6.80. The van der Waals surface area contributed by atoms with Crippen LogP contribution >= 0.6 is 0 Å². The highest BCUT2D eigenvalue weighted by molar-refractivity contribution is 5.51. The SMILES string of the molecule is Cc1nccc(N2CCCC2c2ccnc(Nc3ncccn3)c2)n1. The van der Waals surface area contributed by atoms with E-state index in [1.165, 1.54) is 5.56 Å². The van der Waals surface area contributed by atoms with Crippen molar-refractivity contribution in [2.75, 3.05) is 16.8 Å². The normalized spacial score (nSPS) is 16.8. The molecule has 1 atom stereocenters. The molecule has 1 aliphatic rings. The minimum Gasteiger partial charge on any atom is -0.349 e. The van der Waals surface area contributed by atoms with Gasteiger partial charge < -0.3 is 10.2 Å². The van der Waals surface area contributed by atoms with Crippen LogP contribution in [0.15, 0.2) is 49.1 Å². The van der Waals surface area contributed by atoms with E-state index in [0.717, 1.165) is 36.8 Å². The summed E-state index contributed by atoms with van der Waals surface area (Å²) in [4.78, 5) is 23.9. The van der Waals surface area contributed by atoms with Gasteiger partial charge in [0.15, 0.2) is 0 Å². The van der Waals surface area contributed by atoms with Crippen LogP contribution in [0.4, 0.5) is 17.6 Å². The number of hydrogen-bond acceptors (Lipinski definition) is 7. The first kappa shape index (κ1) is 15.4. The molecule has 1 aliphatic heterocycles. The zero-order chi connectivity index (χ0) is 17.1. The average molecular weight is 333 g/mol. The summed E-state index contributed by atoms with van der Waals surface area (Å²) in [6.07, 6.45) is 9.28. The second-order valence-corrected chi connectivity index (χ2v) is 5.99. The van der Waals surface area contributed by atoms with E-state index in [9.17, 15) is 0 Å². The molecule has 7 nitrogen and oxygen atoms in total. The van der Waals surface area contributed by atoms with Crippen molar-refractivity contribution < 1.29 is 0 Å². The minimum absolute atomic E-state index is 0.287. The number of nitrogens with one attached hydrogen (secondary N) is 1. The Morgan fingerprint density at radius 3 is 2.72 bits per heavy atom. The first-order valence-electron chi connectivity index (χ1n) is 8.36. The van der Waals surface area contributed by atoms with Gasteiger partial charge >= 0.3 is 0 Å². The lowest BCUT2D eigenvalue weighted by atomic mass is 10.1. The molecular weight excluding hydrogens is 314 g/mol. The van der Waals surface area contributed by atoms with Crippen molar-refractivity contribution in [3.63, 3.8) is 0 Å². The van der Waals surface area contributed by atoms with Crippen molar-refractivity contribution in [2.45, 2.75) is 25.8 Å². The van der Waals surface area contributed by atoms with Crippen LogP contribution in [0.1, 0.15) is 30.3 Å². The smallest absolute Gasteiger partial charge is 0.228 e. The Kier molecular flexibility index (Phi) is 4.20. The van der Waals surface area contributed by atoms with Crippen LogP contribution in [0.3, 0.4) is 0 Å². The zero-order valence-corrected chi connectivity index (χ0v) is 14.0. The van der Waals surface area contributed by atoms with Gasteiger partial charge in [-0.1, -0.05) is 0 Å². The summed E-state index contributed by atoms with van der Waals surface area (Å²) in [6.45, 7) is 2.91. The van der Waals surface area contributed by atoms with Crippen LogP contribution in [0.5, 0.6) is 0 Å². The number of aryl methyl sites for hydroxylation is 1. The number of nitrogens with zero attached hydrogens (tertiary/aromatic N) is 6. The Labute approximate surface area is 146 Å². The third-order valence-corrected chi connectivity index (χ3v) is 4.28. The van der Waals surface area contributed by atoms with Crippen molar-refractivity contribution in [2.24, 2.45) is 0 Å². The predicted octanol–water partition coefficient (Wildman–Crippen LogP) is 3.06. The van der Waals surface area contributed by atoms with E-state index >= 15 is 0 Å². The molecular formula is C18H19N7. The second-order valence-electron chi connectivity index (χ2n) is 5.99. The van der Waals surface area contributed by atoms with E-state index in [2.05, 4.69) is 47.3 Å². The van der Waals surface area contributed by atoms with Gasteiger partial charge in [0.05, 0.1) is 6.04 Å². The molecule has 1 unspecified atom stereocenters. The molecule has 1 fully saturated rings. The fourth-order valence-corrected chi connectivity index (χ4v) is 3.19. The van der Waals surface area contributed by atoms with Gasteiger partial charge in [-0.3, -0.25) is 0 Å². The minimum atomic E-state index is 0.287. The van der Waals surface area contributed by atoms with Crippen LogP contribution in [0.25, 0.3) is 0 Å². The van der Waals surface area contributed by atoms with Gasteiger partial charge in [0.1, 0.15) is 17.5 Å². The van der Waals surface area contributed by atoms with Gasteiger partial charge in [-0.2, -0.15) is 0 Å². The molecule has 0 saturated carbocycles. The van der Waals surface area contributed by atoms with Crippen molar-refractivity contribution in [3.8, 4) is 0 Å². The molecule has 1 saturated heterocycles. The summed E-state index contributed by atoms with van der Waals surface area (Å²) in [7, 11) is 0. The van der Waals surface area contributed by atoms with Crippen molar-refractivity contribution in [1.82, 2.24) is 24.9 Å². The fraction of sp³-hybridized carbons (Fsp3) is 0.278. The Bertz CT molecular complexity index is 853. The van der Waals surface area contributed by atoms with Crippen molar-refractivity contribution in [3.05, 3.63) is 60.4 Å². The third kappa shape index (κ3) is 3.40. The molecule has 0 spiro atoms. The van der Waals surface area contributed by atoms with E-state index in [1.807, 2.05) is 25.4 Å². The van der Waals surface area contributed by atoms with Crippen LogP contribution in [0, 0.1) is 6.92 Å². The molecule has 4 heterocycles. The number of hydrogen-bond donors (Lipinski definition) is 1. The highest BCUT2D eigenvalue weighted by Crippen LogP contribution is 2.35. The van der Waals surface area contributed by atoms with Gasteiger partial charge in [0.2, 0.25) is 5.95 Å². The zero-order valence-electron chi connectivity index (χ0n) is 14.0. The third-order valence-electron chi connectivity index (χ3n) is 4.28. The van der Waals surface area contributed by atoms with Crippen LogP contribution in [-0.2, 0) is 0 Å². The van der Waals surface area contributed by atoms with E-state index in [0.29, 0.717) is 5.95 Å². The Morgan fingerprint density at radius 1 is 1.04 bits per heavy atom. The number of anilines is 3. The summed E-state index contributed by atoms with van der Waals surface area (Å²) in [6, 6.07) is 8.18. The van der Waals surface area contributed by atoms with Crippen LogP contribution in [-0.4, -0.2) is 31.5 Å². The largest absolute Gasteiger partial charge is 0.349 e. The first-order chi connectivity index (χ1) is 12.3. The molecule has 7 heteroatoms. The Morgan fingerprint density at radius 2 is 1.88 bits per heavy atom.